The first-order valence-electron chi connectivity index (χ1n) is 9.89. The average Bonchev–Trinajstić information content (AvgIpc) is 3.20. The van der Waals surface area contributed by atoms with Crippen LogP contribution in [0.15, 0.2) is 82.4 Å². The van der Waals surface area contributed by atoms with Crippen molar-refractivity contribution in [1.82, 2.24) is 0 Å². The monoisotopic (exact) mass is 463 g/mol. The van der Waals surface area contributed by atoms with Crippen LogP contribution in [0.4, 0.5) is 11.4 Å². The maximum atomic E-state index is 11.0. The van der Waals surface area contributed by atoms with Crippen LogP contribution in [0.5, 0.6) is 0 Å². The van der Waals surface area contributed by atoms with Crippen LogP contribution in [-0.2, 0) is 0 Å². The Morgan fingerprint density at radius 1 is 1.00 bits per heavy atom. The second-order valence-corrected chi connectivity index (χ2v) is 8.63. The third-order valence-corrected chi connectivity index (χ3v) is 5.93. The Balaban J connectivity index is 1.71. The molecule has 30 heavy (non-hydrogen) atoms. The van der Waals surface area contributed by atoms with Crippen molar-refractivity contribution >= 4 is 33.0 Å². The molecule has 152 valence electrons. The van der Waals surface area contributed by atoms with E-state index in [1.807, 2.05) is 17.1 Å². The summed E-state index contributed by atoms with van der Waals surface area (Å²) in [4.78, 5) is 10.6. The van der Waals surface area contributed by atoms with Crippen molar-refractivity contribution in [2.45, 2.75) is 32.2 Å². The molecule has 3 aromatic carbocycles. The summed E-state index contributed by atoms with van der Waals surface area (Å²) in [6.07, 6.45) is 0.764. The third-order valence-electron chi connectivity index (χ3n) is 5.40. The molecule has 3 aromatic rings. The predicted molar refractivity (Wildman–Crippen MR) is 124 cm³/mol. The molecule has 6 heteroatoms. The number of hydrogen-bond acceptors (Lipinski definition) is 4. The zero-order valence-electron chi connectivity index (χ0n) is 16.8. The molecule has 0 aromatic heterocycles. The number of non-ortho nitro benzene ring substituents is 1. The van der Waals surface area contributed by atoms with Crippen molar-refractivity contribution in [2.24, 2.45) is 5.10 Å². The quantitative estimate of drug-likeness (QED) is 0.307. The van der Waals surface area contributed by atoms with Crippen molar-refractivity contribution < 1.29 is 4.92 Å². The smallest absolute Gasteiger partial charge is 0.258 e. The fraction of sp³-hybridized carbons (Fsp3) is 0.208. The molecule has 0 N–H and O–H groups in total. The molecule has 1 aliphatic heterocycles. The number of anilines is 1. The lowest BCUT2D eigenvalue weighted by Crippen LogP contribution is -2.18. The number of rotatable bonds is 5. The minimum atomic E-state index is -0.383. The largest absolute Gasteiger partial charge is 0.269 e. The molecule has 0 saturated carbocycles. The van der Waals surface area contributed by atoms with E-state index in [1.54, 1.807) is 12.1 Å². The molecular formula is C24H22BrN3O2. The van der Waals surface area contributed by atoms with Gasteiger partial charge in [-0.25, -0.2) is 0 Å². The van der Waals surface area contributed by atoms with Gasteiger partial charge in [0.2, 0.25) is 0 Å². The van der Waals surface area contributed by atoms with Gasteiger partial charge in [0.25, 0.3) is 5.69 Å². The maximum Gasteiger partial charge on any atom is 0.269 e. The van der Waals surface area contributed by atoms with Crippen molar-refractivity contribution in [3.63, 3.8) is 0 Å². The van der Waals surface area contributed by atoms with E-state index in [1.165, 1.54) is 23.3 Å². The zero-order chi connectivity index (χ0) is 21.3. The standard InChI is InChI=1S/C24H22BrN3O2/c1-16(2)17-3-5-19(6-4-17)24-15-23(18-7-9-20(25)10-8-18)26-27(24)21-11-13-22(14-12-21)28(29)30/h3-14,16,24H,15H2,1-2H3/t24-/m1/s1. The third kappa shape index (κ3) is 4.14. The summed E-state index contributed by atoms with van der Waals surface area (Å²) in [7, 11) is 0. The highest BCUT2D eigenvalue weighted by molar-refractivity contribution is 9.10. The van der Waals surface area contributed by atoms with Crippen molar-refractivity contribution in [2.75, 3.05) is 5.01 Å². The highest BCUT2D eigenvalue weighted by Crippen LogP contribution is 2.37. The Kier molecular flexibility index (Phi) is 5.68. The van der Waals surface area contributed by atoms with Gasteiger partial charge in [0.1, 0.15) is 0 Å². The first-order valence-corrected chi connectivity index (χ1v) is 10.7. The summed E-state index contributed by atoms with van der Waals surface area (Å²) in [6.45, 7) is 4.37. The second-order valence-electron chi connectivity index (χ2n) is 7.71. The molecule has 1 aliphatic rings. The van der Waals surface area contributed by atoms with E-state index in [9.17, 15) is 10.1 Å². The van der Waals surface area contributed by atoms with Crippen molar-refractivity contribution in [1.29, 1.82) is 0 Å². The SMILES string of the molecule is CC(C)c1ccc([C@H]2CC(c3ccc(Br)cc3)=NN2c2ccc([N+](=O)[O-])cc2)cc1. The number of nitrogens with zero attached hydrogens (tertiary/aromatic N) is 3. The van der Waals surface area contributed by atoms with Crippen LogP contribution in [-0.4, -0.2) is 10.6 Å². The molecule has 0 unspecified atom stereocenters. The molecule has 0 radical (unpaired) electrons. The number of benzene rings is 3. The number of halogens is 1. The molecule has 1 heterocycles. The zero-order valence-corrected chi connectivity index (χ0v) is 18.4. The van der Waals surface area contributed by atoms with E-state index in [0.717, 1.165) is 27.9 Å². The second kappa shape index (κ2) is 8.40. The van der Waals surface area contributed by atoms with E-state index in [2.05, 4.69) is 66.2 Å². The van der Waals surface area contributed by atoms with Gasteiger partial charge in [0, 0.05) is 23.0 Å². The van der Waals surface area contributed by atoms with Gasteiger partial charge < -0.3 is 0 Å². The molecule has 1 atom stereocenters. The molecular weight excluding hydrogens is 442 g/mol. The van der Waals surface area contributed by atoms with Crippen LogP contribution in [0, 0.1) is 10.1 Å². The predicted octanol–water partition coefficient (Wildman–Crippen LogP) is 6.84. The Morgan fingerprint density at radius 2 is 1.63 bits per heavy atom. The molecule has 5 nitrogen and oxygen atoms in total. The van der Waals surface area contributed by atoms with Crippen LogP contribution in [0.3, 0.4) is 0 Å². The summed E-state index contributed by atoms with van der Waals surface area (Å²) in [5.41, 5.74) is 5.46. The van der Waals surface area contributed by atoms with Crippen LogP contribution in [0.2, 0.25) is 0 Å². The van der Waals surface area contributed by atoms with Crippen molar-refractivity contribution in [3.8, 4) is 0 Å². The maximum absolute atomic E-state index is 11.0. The highest BCUT2D eigenvalue weighted by Gasteiger charge is 2.30. The molecule has 0 spiro atoms. The lowest BCUT2D eigenvalue weighted by molar-refractivity contribution is -0.384. The molecule has 0 fully saturated rings. The van der Waals surface area contributed by atoms with E-state index < -0.39 is 0 Å². The fourth-order valence-electron chi connectivity index (χ4n) is 3.65. The lowest BCUT2D eigenvalue weighted by Gasteiger charge is -2.24. The fourth-order valence-corrected chi connectivity index (χ4v) is 3.92. The summed E-state index contributed by atoms with van der Waals surface area (Å²) in [5.74, 6) is 0.475. The van der Waals surface area contributed by atoms with Crippen LogP contribution in [0.25, 0.3) is 0 Å². The first-order chi connectivity index (χ1) is 14.4. The Hall–Kier alpha value is -2.99. The van der Waals surface area contributed by atoms with E-state index in [0.29, 0.717) is 5.92 Å². The van der Waals surface area contributed by atoms with Crippen LogP contribution < -0.4 is 5.01 Å². The number of hydrogen-bond donors (Lipinski definition) is 0. The summed E-state index contributed by atoms with van der Waals surface area (Å²) in [6, 6.07) is 23.4. The lowest BCUT2D eigenvalue weighted by atomic mass is 9.95. The number of nitro benzene ring substituents is 1. The van der Waals surface area contributed by atoms with E-state index >= 15 is 0 Å². The Morgan fingerprint density at radius 3 is 2.20 bits per heavy atom. The van der Waals surface area contributed by atoms with Crippen LogP contribution >= 0.6 is 15.9 Å². The van der Waals surface area contributed by atoms with Gasteiger partial charge in [-0.05, 0) is 46.9 Å². The minimum absolute atomic E-state index is 0.0336. The topological polar surface area (TPSA) is 58.7 Å². The Bertz CT molecular complexity index is 1070. The summed E-state index contributed by atoms with van der Waals surface area (Å²) in [5, 5.41) is 17.9. The van der Waals surface area contributed by atoms with Gasteiger partial charge in [0.15, 0.2) is 0 Å². The molecule has 0 saturated heterocycles. The minimum Gasteiger partial charge on any atom is -0.258 e. The first kappa shape index (κ1) is 20.3. The molecule has 0 amide bonds. The summed E-state index contributed by atoms with van der Waals surface area (Å²) < 4.78 is 1.03. The van der Waals surface area contributed by atoms with Gasteiger partial charge in [-0.15, -0.1) is 0 Å². The highest BCUT2D eigenvalue weighted by atomic mass is 79.9. The molecule has 4 rings (SSSR count). The molecule has 0 bridgehead atoms. The van der Waals surface area contributed by atoms with Gasteiger partial charge >= 0.3 is 0 Å². The van der Waals surface area contributed by atoms with Gasteiger partial charge in [-0.2, -0.15) is 5.10 Å². The molecule has 0 aliphatic carbocycles. The number of hydrazone groups is 1. The normalized spacial score (nSPS) is 16.1. The van der Waals surface area contributed by atoms with Gasteiger partial charge in [-0.1, -0.05) is 66.2 Å². The van der Waals surface area contributed by atoms with Gasteiger partial charge in [-0.3, -0.25) is 15.1 Å². The van der Waals surface area contributed by atoms with E-state index in [4.69, 9.17) is 5.10 Å². The van der Waals surface area contributed by atoms with Crippen LogP contribution in [0.1, 0.15) is 48.9 Å². The Labute approximate surface area is 184 Å². The van der Waals surface area contributed by atoms with Gasteiger partial charge in [0.05, 0.1) is 22.4 Å². The van der Waals surface area contributed by atoms with E-state index in [-0.39, 0.29) is 16.7 Å². The summed E-state index contributed by atoms with van der Waals surface area (Å²) >= 11 is 3.48. The average molecular weight is 464 g/mol. The van der Waals surface area contributed by atoms with Crippen molar-refractivity contribution in [3.05, 3.63) is 104 Å². The number of nitro groups is 1.